The Morgan fingerprint density at radius 2 is 2.15 bits per heavy atom. The molecule has 72 valence electrons. The zero-order valence-electron chi connectivity index (χ0n) is 7.99. The standard InChI is InChI=1S/C11H16O2/c1-4-9-7(2)5-6-10(9)8(3)11(12)13/h4,7,9-10H,1,3,5-6H2,2H3,(H,12,13)/t7-,9+,10-/m0/s1. The van der Waals surface area contributed by atoms with Crippen LogP contribution in [0.2, 0.25) is 0 Å². The predicted octanol–water partition coefficient (Wildman–Crippen LogP) is 2.48. The Kier molecular flexibility index (Phi) is 2.91. The first-order valence-corrected chi connectivity index (χ1v) is 4.62. The van der Waals surface area contributed by atoms with Crippen LogP contribution >= 0.6 is 0 Å². The van der Waals surface area contributed by atoms with Gasteiger partial charge in [0.05, 0.1) is 0 Å². The van der Waals surface area contributed by atoms with Crippen LogP contribution in [0.3, 0.4) is 0 Å². The van der Waals surface area contributed by atoms with Crippen LogP contribution in [0.4, 0.5) is 0 Å². The van der Waals surface area contributed by atoms with E-state index >= 15 is 0 Å². The average molecular weight is 180 g/mol. The van der Waals surface area contributed by atoms with E-state index in [9.17, 15) is 4.79 Å². The number of aliphatic carboxylic acids is 1. The van der Waals surface area contributed by atoms with Crippen molar-refractivity contribution in [1.82, 2.24) is 0 Å². The number of carbonyl (C=O) groups is 1. The maximum atomic E-state index is 10.7. The first-order chi connectivity index (χ1) is 6.07. The lowest BCUT2D eigenvalue weighted by molar-refractivity contribution is -0.133. The molecule has 0 aliphatic heterocycles. The van der Waals surface area contributed by atoms with Gasteiger partial charge in [-0.25, -0.2) is 4.79 Å². The minimum Gasteiger partial charge on any atom is -0.478 e. The summed E-state index contributed by atoms with van der Waals surface area (Å²) in [7, 11) is 0. The molecule has 2 heteroatoms. The van der Waals surface area contributed by atoms with Crippen LogP contribution < -0.4 is 0 Å². The Morgan fingerprint density at radius 3 is 2.62 bits per heavy atom. The van der Waals surface area contributed by atoms with E-state index in [2.05, 4.69) is 20.1 Å². The van der Waals surface area contributed by atoms with Gasteiger partial charge in [-0.15, -0.1) is 6.58 Å². The van der Waals surface area contributed by atoms with Crippen molar-refractivity contribution in [3.05, 3.63) is 24.8 Å². The highest BCUT2D eigenvalue weighted by molar-refractivity contribution is 5.86. The van der Waals surface area contributed by atoms with E-state index in [1.165, 1.54) is 0 Å². The molecular weight excluding hydrogens is 164 g/mol. The van der Waals surface area contributed by atoms with Crippen molar-refractivity contribution in [3.63, 3.8) is 0 Å². The van der Waals surface area contributed by atoms with Crippen molar-refractivity contribution in [1.29, 1.82) is 0 Å². The third-order valence-electron chi connectivity index (χ3n) is 3.05. The maximum Gasteiger partial charge on any atom is 0.331 e. The van der Waals surface area contributed by atoms with Crippen molar-refractivity contribution in [3.8, 4) is 0 Å². The van der Waals surface area contributed by atoms with Gasteiger partial charge in [-0.1, -0.05) is 19.6 Å². The minimum atomic E-state index is -0.869. The monoisotopic (exact) mass is 180 g/mol. The molecule has 13 heavy (non-hydrogen) atoms. The summed E-state index contributed by atoms with van der Waals surface area (Å²) in [6.45, 7) is 9.51. The van der Waals surface area contributed by atoms with E-state index in [1.54, 1.807) is 0 Å². The van der Waals surface area contributed by atoms with Crippen LogP contribution in [0.1, 0.15) is 19.8 Å². The van der Waals surface area contributed by atoms with Crippen LogP contribution in [0, 0.1) is 17.8 Å². The van der Waals surface area contributed by atoms with Gasteiger partial charge in [-0.05, 0) is 30.6 Å². The van der Waals surface area contributed by atoms with Gasteiger partial charge in [-0.3, -0.25) is 0 Å². The lowest BCUT2D eigenvalue weighted by Crippen LogP contribution is -2.17. The van der Waals surface area contributed by atoms with Crippen LogP contribution in [0.15, 0.2) is 24.8 Å². The Morgan fingerprint density at radius 1 is 1.54 bits per heavy atom. The van der Waals surface area contributed by atoms with Crippen molar-refractivity contribution < 1.29 is 9.90 Å². The van der Waals surface area contributed by atoms with E-state index in [0.29, 0.717) is 17.4 Å². The SMILES string of the molecule is C=C[C@@H]1[C@@H](C)CC[C@H]1C(=C)C(=O)O. The van der Waals surface area contributed by atoms with Gasteiger partial charge in [0.25, 0.3) is 0 Å². The molecule has 1 aliphatic carbocycles. The molecule has 1 fully saturated rings. The Labute approximate surface area is 79.0 Å². The summed E-state index contributed by atoms with van der Waals surface area (Å²) in [6, 6.07) is 0. The zero-order valence-corrected chi connectivity index (χ0v) is 7.99. The Hall–Kier alpha value is -1.05. The number of carboxylic acids is 1. The molecular formula is C11H16O2. The summed E-state index contributed by atoms with van der Waals surface area (Å²) in [5.41, 5.74) is 0.342. The van der Waals surface area contributed by atoms with Crippen LogP contribution in [-0.2, 0) is 4.79 Å². The summed E-state index contributed by atoms with van der Waals surface area (Å²) in [5, 5.41) is 8.81. The molecule has 1 aliphatic rings. The van der Waals surface area contributed by atoms with Crippen LogP contribution in [0.5, 0.6) is 0 Å². The van der Waals surface area contributed by atoms with Gasteiger partial charge in [0.15, 0.2) is 0 Å². The fourth-order valence-corrected chi connectivity index (χ4v) is 2.19. The summed E-state index contributed by atoms with van der Waals surface area (Å²) >= 11 is 0. The number of rotatable bonds is 3. The third kappa shape index (κ3) is 1.82. The fraction of sp³-hybridized carbons (Fsp3) is 0.545. The van der Waals surface area contributed by atoms with Crippen molar-refractivity contribution >= 4 is 5.97 Å². The Bertz CT molecular complexity index is 242. The second kappa shape index (κ2) is 3.77. The van der Waals surface area contributed by atoms with E-state index < -0.39 is 5.97 Å². The molecule has 1 saturated carbocycles. The largest absolute Gasteiger partial charge is 0.478 e. The molecule has 0 saturated heterocycles. The quantitative estimate of drug-likeness (QED) is 0.535. The van der Waals surface area contributed by atoms with Crippen molar-refractivity contribution in [2.45, 2.75) is 19.8 Å². The predicted molar refractivity (Wildman–Crippen MR) is 52.4 cm³/mol. The lowest BCUT2D eigenvalue weighted by Gasteiger charge is -2.18. The van der Waals surface area contributed by atoms with Gasteiger partial charge >= 0.3 is 5.97 Å². The fourth-order valence-electron chi connectivity index (χ4n) is 2.19. The molecule has 0 amide bonds. The molecule has 0 spiro atoms. The number of hydrogen-bond acceptors (Lipinski definition) is 1. The third-order valence-corrected chi connectivity index (χ3v) is 3.05. The highest BCUT2D eigenvalue weighted by Gasteiger charge is 2.34. The molecule has 0 aromatic carbocycles. The molecule has 0 bridgehead atoms. The van der Waals surface area contributed by atoms with Crippen molar-refractivity contribution in [2.75, 3.05) is 0 Å². The number of hydrogen-bond donors (Lipinski definition) is 1. The van der Waals surface area contributed by atoms with Crippen LogP contribution in [0.25, 0.3) is 0 Å². The normalized spacial score (nSPS) is 32.8. The molecule has 3 atom stereocenters. The second-order valence-electron chi connectivity index (χ2n) is 3.80. The zero-order chi connectivity index (χ0) is 10.0. The number of carboxylic acid groups (broad SMARTS) is 1. The van der Waals surface area contributed by atoms with Crippen molar-refractivity contribution in [2.24, 2.45) is 17.8 Å². The molecule has 1 N–H and O–H groups in total. The molecule has 1 rings (SSSR count). The van der Waals surface area contributed by atoms with E-state index in [4.69, 9.17) is 5.11 Å². The topological polar surface area (TPSA) is 37.3 Å². The summed E-state index contributed by atoms with van der Waals surface area (Å²) < 4.78 is 0. The molecule has 0 aromatic heterocycles. The first kappa shape index (κ1) is 10.0. The molecule has 2 nitrogen and oxygen atoms in total. The molecule has 0 heterocycles. The lowest BCUT2D eigenvalue weighted by atomic mass is 9.86. The van der Waals surface area contributed by atoms with Gasteiger partial charge in [-0.2, -0.15) is 0 Å². The van der Waals surface area contributed by atoms with E-state index in [-0.39, 0.29) is 5.92 Å². The molecule has 0 aromatic rings. The Balaban J connectivity index is 2.76. The van der Waals surface area contributed by atoms with Crippen LogP contribution in [-0.4, -0.2) is 11.1 Å². The summed E-state index contributed by atoms with van der Waals surface area (Å²) in [6.07, 6.45) is 3.88. The highest BCUT2D eigenvalue weighted by Crippen LogP contribution is 2.40. The second-order valence-corrected chi connectivity index (χ2v) is 3.80. The maximum absolute atomic E-state index is 10.7. The number of allylic oxidation sites excluding steroid dienone is 1. The average Bonchev–Trinajstić information content (AvgIpc) is 2.45. The summed E-state index contributed by atoms with van der Waals surface area (Å²) in [4.78, 5) is 10.7. The van der Waals surface area contributed by atoms with Gasteiger partial charge < -0.3 is 5.11 Å². The van der Waals surface area contributed by atoms with Gasteiger partial charge in [0, 0.05) is 5.57 Å². The highest BCUT2D eigenvalue weighted by atomic mass is 16.4. The van der Waals surface area contributed by atoms with E-state index in [0.717, 1.165) is 12.8 Å². The van der Waals surface area contributed by atoms with Gasteiger partial charge in [0.1, 0.15) is 0 Å². The van der Waals surface area contributed by atoms with E-state index in [1.807, 2.05) is 6.08 Å². The molecule has 0 radical (unpaired) electrons. The smallest absolute Gasteiger partial charge is 0.331 e. The first-order valence-electron chi connectivity index (χ1n) is 4.62. The minimum absolute atomic E-state index is 0.102. The molecule has 0 unspecified atom stereocenters. The van der Waals surface area contributed by atoms with Gasteiger partial charge in [0.2, 0.25) is 0 Å². The summed E-state index contributed by atoms with van der Waals surface area (Å²) in [5.74, 6) is 0.0677.